The molecule has 31 heavy (non-hydrogen) atoms. The molecule has 2 aromatic carbocycles. The number of carbonyl (C=O) groups excluding carboxylic acids is 1. The van der Waals surface area contributed by atoms with Crippen molar-refractivity contribution in [2.75, 3.05) is 13.7 Å². The number of hydrogen-bond donors (Lipinski definition) is 1. The van der Waals surface area contributed by atoms with Crippen molar-refractivity contribution in [2.45, 2.75) is 38.6 Å². The first-order valence-corrected chi connectivity index (χ1v) is 9.51. The Morgan fingerprint density at radius 1 is 1.19 bits per heavy atom. The maximum absolute atomic E-state index is 13.2. The molecule has 0 aromatic heterocycles. The zero-order chi connectivity index (χ0) is 23.0. The van der Waals surface area contributed by atoms with Crippen LogP contribution in [0.5, 0.6) is 11.5 Å². The van der Waals surface area contributed by atoms with E-state index in [0.29, 0.717) is 23.3 Å². The largest absolute Gasteiger partial charge is 0.497 e. The SMILES string of the molecule is COc1cc2c(c(OC(C)(C)C(=O)O)c1)C(=O)N(Cc1cccc(C(F)(F)F)c1)CC2. The number of amides is 1. The number of carbonyl (C=O) groups is 2. The number of ether oxygens (including phenoxy) is 2. The molecule has 0 unspecified atom stereocenters. The van der Waals surface area contributed by atoms with Gasteiger partial charge in [0, 0.05) is 19.2 Å². The van der Waals surface area contributed by atoms with Gasteiger partial charge < -0.3 is 19.5 Å². The van der Waals surface area contributed by atoms with Crippen LogP contribution < -0.4 is 9.47 Å². The number of alkyl halides is 3. The first-order chi connectivity index (χ1) is 14.4. The molecular weight excluding hydrogens is 415 g/mol. The van der Waals surface area contributed by atoms with Gasteiger partial charge in [0.2, 0.25) is 0 Å². The van der Waals surface area contributed by atoms with Gasteiger partial charge >= 0.3 is 12.1 Å². The van der Waals surface area contributed by atoms with Crippen molar-refractivity contribution in [3.63, 3.8) is 0 Å². The third kappa shape index (κ3) is 4.76. The number of carboxylic acid groups (broad SMARTS) is 1. The van der Waals surface area contributed by atoms with Crippen molar-refractivity contribution in [3.05, 3.63) is 58.7 Å². The minimum atomic E-state index is -4.48. The number of aliphatic carboxylic acids is 1. The Kier molecular flexibility index (Phi) is 5.89. The number of benzene rings is 2. The van der Waals surface area contributed by atoms with Crippen LogP contribution in [0.4, 0.5) is 13.2 Å². The summed E-state index contributed by atoms with van der Waals surface area (Å²) in [5.74, 6) is -1.19. The fourth-order valence-corrected chi connectivity index (χ4v) is 3.33. The molecule has 1 heterocycles. The van der Waals surface area contributed by atoms with E-state index in [1.807, 2.05) is 0 Å². The maximum atomic E-state index is 13.2. The van der Waals surface area contributed by atoms with Crippen LogP contribution in [0.15, 0.2) is 36.4 Å². The van der Waals surface area contributed by atoms with Gasteiger partial charge in [-0.05, 0) is 49.6 Å². The predicted octanol–water partition coefficient (Wildman–Crippen LogP) is 4.15. The molecule has 1 aliphatic heterocycles. The van der Waals surface area contributed by atoms with E-state index in [1.165, 1.54) is 44.1 Å². The lowest BCUT2D eigenvalue weighted by Crippen LogP contribution is -2.41. The number of hydrogen-bond acceptors (Lipinski definition) is 4. The summed E-state index contributed by atoms with van der Waals surface area (Å²) in [7, 11) is 1.44. The first-order valence-electron chi connectivity index (χ1n) is 9.51. The van der Waals surface area contributed by atoms with Crippen molar-refractivity contribution in [2.24, 2.45) is 0 Å². The van der Waals surface area contributed by atoms with Crippen molar-refractivity contribution in [1.29, 1.82) is 0 Å². The number of fused-ring (bicyclic) bond motifs is 1. The Morgan fingerprint density at radius 2 is 1.90 bits per heavy atom. The molecule has 0 saturated heterocycles. The maximum Gasteiger partial charge on any atom is 0.416 e. The smallest absolute Gasteiger partial charge is 0.416 e. The minimum Gasteiger partial charge on any atom is -0.497 e. The Balaban J connectivity index is 1.95. The van der Waals surface area contributed by atoms with Crippen LogP contribution in [0.1, 0.15) is 40.9 Å². The molecule has 1 aliphatic rings. The highest BCUT2D eigenvalue weighted by Crippen LogP contribution is 2.36. The van der Waals surface area contributed by atoms with Gasteiger partial charge in [-0.15, -0.1) is 0 Å². The van der Waals surface area contributed by atoms with Gasteiger partial charge in [0.05, 0.1) is 18.2 Å². The molecule has 0 atom stereocenters. The summed E-state index contributed by atoms with van der Waals surface area (Å²) in [6, 6.07) is 7.93. The summed E-state index contributed by atoms with van der Waals surface area (Å²) in [5, 5.41) is 9.39. The Labute approximate surface area is 177 Å². The van der Waals surface area contributed by atoms with Crippen LogP contribution >= 0.6 is 0 Å². The van der Waals surface area contributed by atoms with Crippen LogP contribution in [0.25, 0.3) is 0 Å². The quantitative estimate of drug-likeness (QED) is 0.735. The number of carboxylic acids is 1. The Morgan fingerprint density at radius 3 is 2.52 bits per heavy atom. The summed E-state index contributed by atoms with van der Waals surface area (Å²) < 4.78 is 49.9. The third-order valence-corrected chi connectivity index (χ3v) is 5.05. The molecular formula is C22H22F3NO5. The lowest BCUT2D eigenvalue weighted by Gasteiger charge is -2.32. The average molecular weight is 437 g/mol. The zero-order valence-electron chi connectivity index (χ0n) is 17.2. The van der Waals surface area contributed by atoms with Crippen LogP contribution in [-0.2, 0) is 23.9 Å². The minimum absolute atomic E-state index is 0.0179. The summed E-state index contributed by atoms with van der Waals surface area (Å²) in [4.78, 5) is 26.1. The van der Waals surface area contributed by atoms with Crippen LogP contribution in [0.2, 0.25) is 0 Å². The number of nitrogens with zero attached hydrogens (tertiary/aromatic N) is 1. The highest BCUT2D eigenvalue weighted by molar-refractivity contribution is 6.00. The van der Waals surface area contributed by atoms with Gasteiger partial charge in [-0.1, -0.05) is 12.1 Å². The van der Waals surface area contributed by atoms with E-state index in [-0.39, 0.29) is 24.4 Å². The Hall–Kier alpha value is -3.23. The normalized spacial score (nSPS) is 14.3. The van der Waals surface area contributed by atoms with Gasteiger partial charge in [-0.2, -0.15) is 13.2 Å². The van der Waals surface area contributed by atoms with E-state index < -0.39 is 29.2 Å². The molecule has 0 saturated carbocycles. The van der Waals surface area contributed by atoms with E-state index in [9.17, 15) is 27.9 Å². The summed E-state index contributed by atoms with van der Waals surface area (Å²) in [5.41, 5.74) is -1.24. The van der Waals surface area contributed by atoms with Gasteiger partial charge in [-0.3, -0.25) is 4.79 Å². The van der Waals surface area contributed by atoms with E-state index >= 15 is 0 Å². The van der Waals surface area contributed by atoms with Crippen molar-refractivity contribution in [3.8, 4) is 11.5 Å². The lowest BCUT2D eigenvalue weighted by molar-refractivity contribution is -0.152. The van der Waals surface area contributed by atoms with Crippen molar-refractivity contribution in [1.82, 2.24) is 4.90 Å². The van der Waals surface area contributed by atoms with Gasteiger partial charge in [-0.25, -0.2) is 4.79 Å². The topological polar surface area (TPSA) is 76.1 Å². The van der Waals surface area contributed by atoms with E-state index in [0.717, 1.165) is 12.1 Å². The molecule has 166 valence electrons. The Bertz CT molecular complexity index is 1020. The fraction of sp³-hybridized carbons (Fsp3) is 0.364. The van der Waals surface area contributed by atoms with Gasteiger partial charge in [0.25, 0.3) is 5.91 Å². The monoisotopic (exact) mass is 437 g/mol. The second-order valence-electron chi connectivity index (χ2n) is 7.75. The molecule has 3 rings (SSSR count). The molecule has 2 aromatic rings. The van der Waals surface area contributed by atoms with Crippen LogP contribution in [0.3, 0.4) is 0 Å². The molecule has 9 heteroatoms. The number of halogens is 3. The standard InChI is InChI=1S/C22H22F3NO5/c1-21(2,20(28)29)31-17-11-16(30-3)10-14-7-8-26(19(27)18(14)17)12-13-5-4-6-15(9-13)22(23,24)25/h4-6,9-11H,7-8,12H2,1-3H3,(H,28,29). The number of rotatable bonds is 6. The second kappa shape index (κ2) is 8.13. The van der Waals surface area contributed by atoms with Gasteiger partial charge in [0.15, 0.2) is 5.60 Å². The molecule has 0 fully saturated rings. The summed E-state index contributed by atoms with van der Waals surface area (Å²) >= 11 is 0. The molecule has 0 radical (unpaired) electrons. The van der Waals surface area contributed by atoms with E-state index in [1.54, 1.807) is 6.07 Å². The number of methoxy groups -OCH3 is 1. The first kappa shape index (κ1) is 22.5. The van der Waals surface area contributed by atoms with Crippen LogP contribution in [0, 0.1) is 0 Å². The fourth-order valence-electron chi connectivity index (χ4n) is 3.33. The summed E-state index contributed by atoms with van der Waals surface area (Å²) in [6.07, 6.45) is -4.06. The third-order valence-electron chi connectivity index (χ3n) is 5.05. The predicted molar refractivity (Wildman–Crippen MR) is 105 cm³/mol. The second-order valence-corrected chi connectivity index (χ2v) is 7.75. The van der Waals surface area contributed by atoms with E-state index in [2.05, 4.69) is 0 Å². The van der Waals surface area contributed by atoms with Crippen molar-refractivity contribution < 1.29 is 37.3 Å². The molecule has 0 bridgehead atoms. The average Bonchev–Trinajstić information content (AvgIpc) is 2.69. The van der Waals surface area contributed by atoms with E-state index in [4.69, 9.17) is 9.47 Å². The zero-order valence-corrected chi connectivity index (χ0v) is 17.2. The molecule has 6 nitrogen and oxygen atoms in total. The molecule has 1 amide bonds. The van der Waals surface area contributed by atoms with Gasteiger partial charge in [0.1, 0.15) is 11.5 Å². The molecule has 1 N–H and O–H groups in total. The highest BCUT2D eigenvalue weighted by Gasteiger charge is 2.35. The molecule has 0 aliphatic carbocycles. The molecule has 0 spiro atoms. The van der Waals surface area contributed by atoms with Crippen LogP contribution in [-0.4, -0.2) is 41.1 Å². The van der Waals surface area contributed by atoms with Crippen molar-refractivity contribution >= 4 is 11.9 Å². The highest BCUT2D eigenvalue weighted by atomic mass is 19.4. The lowest BCUT2D eigenvalue weighted by atomic mass is 9.96. The summed E-state index contributed by atoms with van der Waals surface area (Å²) in [6.45, 7) is 2.98.